The predicted molar refractivity (Wildman–Crippen MR) is 97.1 cm³/mol. The van der Waals surface area contributed by atoms with Crippen LogP contribution in [0.4, 0.5) is 0 Å². The topological polar surface area (TPSA) is 72.9 Å². The summed E-state index contributed by atoms with van der Waals surface area (Å²) in [6.07, 6.45) is 0.958. The van der Waals surface area contributed by atoms with E-state index in [4.69, 9.17) is 9.47 Å². The van der Waals surface area contributed by atoms with Gasteiger partial charge in [0.05, 0.1) is 30.8 Å². The summed E-state index contributed by atoms with van der Waals surface area (Å²) >= 11 is 0. The average Bonchev–Trinajstić information content (AvgIpc) is 2.59. The van der Waals surface area contributed by atoms with Crippen molar-refractivity contribution in [3.63, 3.8) is 0 Å². The monoisotopic (exact) mass is 369 g/mol. The van der Waals surface area contributed by atoms with Crippen molar-refractivity contribution in [3.05, 3.63) is 23.8 Å². The van der Waals surface area contributed by atoms with Crippen LogP contribution < -0.4 is 9.47 Å². The molecule has 1 heterocycles. The molecule has 0 saturated carbocycles. The minimum absolute atomic E-state index is 0.116. The van der Waals surface area contributed by atoms with Crippen molar-refractivity contribution in [1.29, 1.82) is 0 Å². The second kappa shape index (κ2) is 8.08. The molecule has 0 aliphatic carbocycles. The highest BCUT2D eigenvalue weighted by molar-refractivity contribution is 7.92. The van der Waals surface area contributed by atoms with Gasteiger partial charge in [0.1, 0.15) is 0 Å². The Morgan fingerprint density at radius 2 is 1.84 bits per heavy atom. The fourth-order valence-electron chi connectivity index (χ4n) is 3.24. The Hall–Kier alpha value is -1.76. The second-order valence-electron chi connectivity index (χ2n) is 6.76. The summed E-state index contributed by atoms with van der Waals surface area (Å²) < 4.78 is 35.3. The molecule has 0 N–H and O–H groups in total. The fraction of sp³-hybridized carbons (Fsp3) is 0.611. The number of para-hydroxylation sites is 1. The third kappa shape index (κ3) is 4.45. The van der Waals surface area contributed by atoms with Crippen molar-refractivity contribution < 1.29 is 22.7 Å². The number of likely N-dealkylation sites (tertiary alicyclic amines) is 1. The van der Waals surface area contributed by atoms with E-state index in [0.717, 1.165) is 0 Å². The number of benzene rings is 1. The maximum absolute atomic E-state index is 12.8. The lowest BCUT2D eigenvalue weighted by atomic mass is 10.1. The molecule has 7 heteroatoms. The Morgan fingerprint density at radius 1 is 1.20 bits per heavy atom. The third-order valence-electron chi connectivity index (χ3n) is 4.44. The van der Waals surface area contributed by atoms with Crippen molar-refractivity contribution in [2.24, 2.45) is 5.92 Å². The van der Waals surface area contributed by atoms with E-state index >= 15 is 0 Å². The first-order valence-electron chi connectivity index (χ1n) is 8.52. The molecule has 1 aliphatic heterocycles. The van der Waals surface area contributed by atoms with Crippen molar-refractivity contribution in [1.82, 2.24) is 4.90 Å². The number of methoxy groups -OCH3 is 2. The zero-order valence-corrected chi connectivity index (χ0v) is 16.1. The normalized spacial score (nSPS) is 16.1. The van der Waals surface area contributed by atoms with Gasteiger partial charge in [-0.3, -0.25) is 4.79 Å². The Labute approximate surface area is 150 Å². The van der Waals surface area contributed by atoms with Crippen LogP contribution in [0.15, 0.2) is 18.2 Å². The molecule has 1 saturated heterocycles. The van der Waals surface area contributed by atoms with Crippen LogP contribution in [0.1, 0.15) is 37.0 Å². The van der Waals surface area contributed by atoms with Crippen LogP contribution in [-0.2, 0) is 9.84 Å². The first-order chi connectivity index (χ1) is 11.8. The molecule has 0 aromatic heterocycles. The Kier molecular flexibility index (Phi) is 6.32. The van der Waals surface area contributed by atoms with E-state index in [0.29, 0.717) is 43.0 Å². The number of nitrogens with zero attached hydrogens (tertiary/aromatic N) is 1. The van der Waals surface area contributed by atoms with Gasteiger partial charge in [-0.2, -0.15) is 0 Å². The fourth-order valence-corrected chi connectivity index (χ4v) is 5.38. The van der Waals surface area contributed by atoms with Crippen molar-refractivity contribution in [2.75, 3.05) is 33.1 Å². The molecule has 0 radical (unpaired) electrons. The zero-order valence-electron chi connectivity index (χ0n) is 15.3. The molecule has 25 heavy (non-hydrogen) atoms. The first-order valence-corrected chi connectivity index (χ1v) is 10.2. The summed E-state index contributed by atoms with van der Waals surface area (Å²) in [5.41, 5.74) is 0.435. The number of ether oxygens (including phenoxy) is 2. The van der Waals surface area contributed by atoms with E-state index in [9.17, 15) is 13.2 Å². The molecule has 0 atom stereocenters. The lowest BCUT2D eigenvalue weighted by Crippen LogP contribution is -2.43. The van der Waals surface area contributed by atoms with Crippen molar-refractivity contribution in [2.45, 2.75) is 31.9 Å². The number of hydrogen-bond donors (Lipinski definition) is 0. The molecule has 0 unspecified atom stereocenters. The second-order valence-corrected chi connectivity index (χ2v) is 9.08. The summed E-state index contributed by atoms with van der Waals surface area (Å²) in [4.78, 5) is 14.5. The number of carbonyl (C=O) groups excluding carboxylic acids is 1. The summed E-state index contributed by atoms with van der Waals surface area (Å²) in [7, 11) is -0.0782. The van der Waals surface area contributed by atoms with Gasteiger partial charge in [-0.1, -0.05) is 19.9 Å². The van der Waals surface area contributed by atoms with Gasteiger partial charge in [0, 0.05) is 13.1 Å². The number of amides is 1. The van der Waals surface area contributed by atoms with Crippen molar-refractivity contribution >= 4 is 15.7 Å². The molecule has 1 fully saturated rings. The van der Waals surface area contributed by atoms with Crippen LogP contribution >= 0.6 is 0 Å². The van der Waals surface area contributed by atoms with Gasteiger partial charge in [0.15, 0.2) is 21.3 Å². The Balaban J connectivity index is 2.10. The minimum Gasteiger partial charge on any atom is -0.493 e. The highest BCUT2D eigenvalue weighted by Gasteiger charge is 2.33. The molecule has 6 nitrogen and oxygen atoms in total. The average molecular weight is 369 g/mol. The third-order valence-corrected chi connectivity index (χ3v) is 7.05. The molecule has 1 aliphatic rings. The number of sulfone groups is 1. The first kappa shape index (κ1) is 19.6. The van der Waals surface area contributed by atoms with Gasteiger partial charge < -0.3 is 14.4 Å². The Morgan fingerprint density at radius 3 is 2.36 bits per heavy atom. The van der Waals surface area contributed by atoms with E-state index in [-0.39, 0.29) is 22.8 Å². The molecule has 1 aromatic rings. The minimum atomic E-state index is -3.10. The molecular weight excluding hydrogens is 342 g/mol. The molecule has 2 rings (SSSR count). The predicted octanol–water partition coefficient (Wildman–Crippen LogP) is 2.38. The largest absolute Gasteiger partial charge is 0.493 e. The van der Waals surface area contributed by atoms with Gasteiger partial charge in [-0.15, -0.1) is 0 Å². The van der Waals surface area contributed by atoms with E-state index < -0.39 is 9.84 Å². The van der Waals surface area contributed by atoms with Gasteiger partial charge in [0.25, 0.3) is 5.91 Å². The zero-order chi connectivity index (χ0) is 18.6. The number of carbonyl (C=O) groups is 1. The molecule has 1 amide bonds. The number of hydrogen-bond acceptors (Lipinski definition) is 5. The molecule has 0 spiro atoms. The van der Waals surface area contributed by atoms with Crippen molar-refractivity contribution in [3.8, 4) is 11.5 Å². The Bertz CT molecular complexity index is 706. The lowest BCUT2D eigenvalue weighted by molar-refractivity contribution is 0.0721. The van der Waals surface area contributed by atoms with E-state index in [1.165, 1.54) is 14.2 Å². The number of piperidine rings is 1. The SMILES string of the molecule is COc1cccc(C(=O)N2CCC(S(=O)(=O)CC(C)C)CC2)c1OC. The lowest BCUT2D eigenvalue weighted by Gasteiger charge is -2.32. The van der Waals surface area contributed by atoms with Crippen LogP contribution in [0.25, 0.3) is 0 Å². The summed E-state index contributed by atoms with van der Waals surface area (Å²) in [6, 6.07) is 5.18. The van der Waals surface area contributed by atoms with Crippen LogP contribution in [0, 0.1) is 5.92 Å². The quantitative estimate of drug-likeness (QED) is 0.770. The standard InChI is InChI=1S/C18H27NO5S/c1-13(2)12-25(21,22)14-8-10-19(11-9-14)18(20)15-6-5-7-16(23-3)17(15)24-4/h5-7,13-14H,8-12H2,1-4H3. The molecular formula is C18H27NO5S. The highest BCUT2D eigenvalue weighted by atomic mass is 32.2. The van der Waals surface area contributed by atoms with Gasteiger partial charge in [-0.05, 0) is 30.9 Å². The van der Waals surface area contributed by atoms with Gasteiger partial charge in [0.2, 0.25) is 0 Å². The van der Waals surface area contributed by atoms with Crippen LogP contribution in [0.3, 0.4) is 0 Å². The van der Waals surface area contributed by atoms with Crippen LogP contribution in [0.5, 0.6) is 11.5 Å². The van der Waals surface area contributed by atoms with E-state index in [1.54, 1.807) is 23.1 Å². The van der Waals surface area contributed by atoms with E-state index in [2.05, 4.69) is 0 Å². The maximum atomic E-state index is 12.8. The van der Waals surface area contributed by atoms with Gasteiger partial charge in [-0.25, -0.2) is 8.42 Å². The summed E-state index contributed by atoms with van der Waals surface area (Å²) in [5.74, 6) is 1.07. The van der Waals surface area contributed by atoms with Crippen LogP contribution in [0.2, 0.25) is 0 Å². The maximum Gasteiger partial charge on any atom is 0.257 e. The van der Waals surface area contributed by atoms with Gasteiger partial charge >= 0.3 is 0 Å². The molecule has 1 aromatic carbocycles. The summed E-state index contributed by atoms with van der Waals surface area (Å²) in [5, 5.41) is -0.355. The van der Waals surface area contributed by atoms with E-state index in [1.807, 2.05) is 13.8 Å². The van der Waals surface area contributed by atoms with Crippen LogP contribution in [-0.4, -0.2) is 57.5 Å². The highest BCUT2D eigenvalue weighted by Crippen LogP contribution is 2.32. The summed E-state index contributed by atoms with van der Waals surface area (Å²) in [6.45, 7) is 4.68. The molecule has 0 bridgehead atoms. The smallest absolute Gasteiger partial charge is 0.257 e. The molecule has 140 valence electrons. The number of rotatable bonds is 6.